The van der Waals surface area contributed by atoms with Crippen LogP contribution >= 0.6 is 0 Å². The Balaban J connectivity index is 1.06. The molecule has 9 nitrogen and oxygen atoms in total. The fourth-order valence-corrected chi connectivity index (χ4v) is 5.65. The van der Waals surface area contributed by atoms with Crippen molar-refractivity contribution in [2.75, 3.05) is 18.4 Å². The number of hydrogen-bond donors (Lipinski definition) is 2. The number of carbonyl (C=O) groups excluding carboxylic acids is 4. The van der Waals surface area contributed by atoms with Gasteiger partial charge < -0.3 is 5.32 Å². The number of hydrogen-bond acceptors (Lipinski definition) is 7. The van der Waals surface area contributed by atoms with E-state index in [2.05, 4.69) is 39.8 Å². The summed E-state index contributed by atoms with van der Waals surface area (Å²) in [6, 6.07) is 22.4. The molecule has 3 aromatic rings. The molecule has 3 aliphatic heterocycles. The van der Waals surface area contributed by atoms with Crippen molar-refractivity contribution in [1.82, 2.24) is 15.1 Å². The third-order valence-corrected chi connectivity index (χ3v) is 7.82. The van der Waals surface area contributed by atoms with Crippen LogP contribution in [0, 0.1) is 11.3 Å². The molecule has 0 aromatic heterocycles. The topological polar surface area (TPSA) is 123 Å². The van der Waals surface area contributed by atoms with E-state index >= 15 is 0 Å². The molecule has 1 unspecified atom stereocenters. The van der Waals surface area contributed by atoms with Crippen molar-refractivity contribution in [2.24, 2.45) is 0 Å². The van der Waals surface area contributed by atoms with E-state index in [0.717, 1.165) is 30.1 Å². The van der Waals surface area contributed by atoms with E-state index in [9.17, 15) is 19.2 Å². The molecule has 2 N–H and O–H groups in total. The molecule has 3 heterocycles. The number of rotatable bonds is 7. The van der Waals surface area contributed by atoms with Gasteiger partial charge in [-0.15, -0.1) is 0 Å². The van der Waals surface area contributed by atoms with Crippen LogP contribution in [-0.2, 0) is 22.7 Å². The number of nitriles is 1. The van der Waals surface area contributed by atoms with E-state index < -0.39 is 29.7 Å². The van der Waals surface area contributed by atoms with Gasteiger partial charge in [-0.05, 0) is 47.4 Å². The summed E-state index contributed by atoms with van der Waals surface area (Å²) in [5.41, 5.74) is 5.17. The first-order valence-corrected chi connectivity index (χ1v) is 13.3. The minimum Gasteiger partial charge on any atom is -0.380 e. The molecular formula is C31H27N5O4. The average molecular weight is 534 g/mol. The molecule has 2 fully saturated rings. The lowest BCUT2D eigenvalue weighted by Crippen LogP contribution is -2.54. The Morgan fingerprint density at radius 3 is 2.42 bits per heavy atom. The van der Waals surface area contributed by atoms with E-state index in [0.29, 0.717) is 23.7 Å². The van der Waals surface area contributed by atoms with Crippen molar-refractivity contribution >= 4 is 29.3 Å². The standard InChI is InChI=1S/C31H27N5O4/c32-14-21-3-1-4-22(13-21)23-17-35(18-23)16-20-9-7-19(8-10-20)15-33-25-6-2-5-24-28(25)31(40)36(30(24)39)26-11-12-27(37)34-29(26)38/h1-10,13,23,26,33H,11-12,15-18H2,(H,34,37,38). The third-order valence-electron chi connectivity index (χ3n) is 7.82. The van der Waals surface area contributed by atoms with Gasteiger partial charge in [-0.25, -0.2) is 0 Å². The molecule has 0 radical (unpaired) electrons. The third kappa shape index (κ3) is 4.74. The molecular weight excluding hydrogens is 506 g/mol. The molecule has 0 spiro atoms. The van der Waals surface area contributed by atoms with Gasteiger partial charge in [0.15, 0.2) is 0 Å². The van der Waals surface area contributed by atoms with Gasteiger partial charge in [0.2, 0.25) is 11.8 Å². The molecule has 4 amide bonds. The summed E-state index contributed by atoms with van der Waals surface area (Å²) in [5, 5.41) is 14.6. The van der Waals surface area contributed by atoms with Crippen LogP contribution in [0.3, 0.4) is 0 Å². The Morgan fingerprint density at radius 2 is 1.68 bits per heavy atom. The van der Waals surface area contributed by atoms with Gasteiger partial charge in [-0.1, -0.05) is 42.5 Å². The number of nitrogens with one attached hydrogen (secondary N) is 2. The quantitative estimate of drug-likeness (QED) is 0.447. The van der Waals surface area contributed by atoms with Crippen LogP contribution in [0.25, 0.3) is 0 Å². The molecule has 1 atom stereocenters. The fraction of sp³-hybridized carbons (Fsp3) is 0.258. The van der Waals surface area contributed by atoms with Crippen LogP contribution in [0.5, 0.6) is 0 Å². The van der Waals surface area contributed by atoms with Crippen molar-refractivity contribution in [3.63, 3.8) is 0 Å². The smallest absolute Gasteiger partial charge is 0.264 e. The Bertz CT molecular complexity index is 1570. The summed E-state index contributed by atoms with van der Waals surface area (Å²) in [6.45, 7) is 3.22. The Kier molecular flexibility index (Phi) is 6.62. The highest BCUT2D eigenvalue weighted by Gasteiger charge is 2.45. The highest BCUT2D eigenvalue weighted by Crippen LogP contribution is 2.33. The maximum absolute atomic E-state index is 13.3. The Morgan fingerprint density at radius 1 is 0.925 bits per heavy atom. The normalized spacial score (nSPS) is 19.2. The van der Waals surface area contributed by atoms with Crippen LogP contribution in [0.15, 0.2) is 66.7 Å². The number of benzene rings is 3. The summed E-state index contributed by atoms with van der Waals surface area (Å²) in [7, 11) is 0. The van der Waals surface area contributed by atoms with Crippen LogP contribution in [-0.4, -0.2) is 52.6 Å². The summed E-state index contributed by atoms with van der Waals surface area (Å²) < 4.78 is 0. The second-order valence-electron chi connectivity index (χ2n) is 10.5. The maximum atomic E-state index is 13.3. The number of imide groups is 2. The van der Waals surface area contributed by atoms with Crippen molar-refractivity contribution in [3.8, 4) is 6.07 Å². The van der Waals surface area contributed by atoms with Crippen LogP contribution in [0.2, 0.25) is 0 Å². The van der Waals surface area contributed by atoms with Crippen molar-refractivity contribution < 1.29 is 19.2 Å². The van der Waals surface area contributed by atoms with Gasteiger partial charge in [0.05, 0.1) is 22.8 Å². The number of anilines is 1. The van der Waals surface area contributed by atoms with Gasteiger partial charge in [-0.2, -0.15) is 5.26 Å². The van der Waals surface area contributed by atoms with E-state index in [1.54, 1.807) is 18.2 Å². The molecule has 3 aliphatic rings. The number of fused-ring (bicyclic) bond motifs is 1. The summed E-state index contributed by atoms with van der Waals surface area (Å²) in [4.78, 5) is 53.5. The fourth-order valence-electron chi connectivity index (χ4n) is 5.65. The lowest BCUT2D eigenvalue weighted by Gasteiger charge is -2.39. The van der Waals surface area contributed by atoms with Gasteiger partial charge in [-0.3, -0.25) is 34.3 Å². The van der Waals surface area contributed by atoms with Crippen LogP contribution in [0.4, 0.5) is 5.69 Å². The van der Waals surface area contributed by atoms with Crippen molar-refractivity contribution in [1.29, 1.82) is 5.26 Å². The van der Waals surface area contributed by atoms with Gasteiger partial charge in [0.25, 0.3) is 11.8 Å². The predicted molar refractivity (Wildman–Crippen MR) is 146 cm³/mol. The van der Waals surface area contributed by atoms with E-state index in [4.69, 9.17) is 5.26 Å². The van der Waals surface area contributed by atoms with E-state index in [1.165, 1.54) is 11.1 Å². The number of amides is 4. The summed E-state index contributed by atoms with van der Waals surface area (Å²) >= 11 is 0. The lowest BCUT2D eigenvalue weighted by molar-refractivity contribution is -0.136. The number of likely N-dealkylation sites (tertiary alicyclic amines) is 1. The second-order valence-corrected chi connectivity index (χ2v) is 10.5. The maximum Gasteiger partial charge on any atom is 0.264 e. The highest BCUT2D eigenvalue weighted by molar-refractivity contribution is 6.25. The molecule has 2 saturated heterocycles. The van der Waals surface area contributed by atoms with Gasteiger partial charge >= 0.3 is 0 Å². The number of nitrogens with zero attached hydrogens (tertiary/aromatic N) is 3. The molecule has 200 valence electrons. The van der Waals surface area contributed by atoms with E-state index in [-0.39, 0.29) is 24.0 Å². The molecule has 3 aromatic carbocycles. The van der Waals surface area contributed by atoms with Gasteiger partial charge in [0, 0.05) is 44.2 Å². The van der Waals surface area contributed by atoms with Crippen molar-refractivity contribution in [3.05, 3.63) is 100 Å². The molecule has 6 rings (SSSR count). The zero-order valence-corrected chi connectivity index (χ0v) is 21.7. The largest absolute Gasteiger partial charge is 0.380 e. The monoisotopic (exact) mass is 533 g/mol. The number of carbonyl (C=O) groups is 4. The predicted octanol–water partition coefficient (Wildman–Crippen LogP) is 3.17. The molecule has 0 saturated carbocycles. The van der Waals surface area contributed by atoms with Crippen LogP contribution < -0.4 is 10.6 Å². The zero-order valence-electron chi connectivity index (χ0n) is 21.7. The molecule has 9 heteroatoms. The minimum absolute atomic E-state index is 0.0828. The molecule has 0 bridgehead atoms. The summed E-state index contributed by atoms with van der Waals surface area (Å²) in [6.07, 6.45) is 0.206. The Hall–Kier alpha value is -4.81. The SMILES string of the molecule is N#Cc1cccc(C2CN(Cc3ccc(CNc4cccc5c4C(=O)N(C4CCC(=O)NC4=O)C5=O)cc3)C2)c1. The Labute approximate surface area is 231 Å². The molecule has 40 heavy (non-hydrogen) atoms. The zero-order chi connectivity index (χ0) is 27.8. The van der Waals surface area contributed by atoms with Gasteiger partial charge in [0.1, 0.15) is 6.04 Å². The first-order chi connectivity index (χ1) is 19.4. The number of piperidine rings is 1. The lowest BCUT2D eigenvalue weighted by atomic mass is 9.90. The summed E-state index contributed by atoms with van der Waals surface area (Å²) in [5.74, 6) is -1.62. The minimum atomic E-state index is -0.991. The highest BCUT2D eigenvalue weighted by atomic mass is 16.2. The second kappa shape index (κ2) is 10.4. The average Bonchev–Trinajstić information content (AvgIpc) is 3.20. The first-order valence-electron chi connectivity index (χ1n) is 13.3. The van der Waals surface area contributed by atoms with Crippen LogP contribution in [0.1, 0.15) is 61.7 Å². The first kappa shape index (κ1) is 25.5. The van der Waals surface area contributed by atoms with Crippen molar-refractivity contribution in [2.45, 2.75) is 37.9 Å². The van der Waals surface area contributed by atoms with E-state index in [1.807, 2.05) is 30.3 Å². The molecule has 0 aliphatic carbocycles.